The molecule has 1 aromatic carbocycles. The van der Waals surface area contributed by atoms with E-state index in [1.807, 2.05) is 29.1 Å². The van der Waals surface area contributed by atoms with Crippen LogP contribution in [0.3, 0.4) is 0 Å². The third kappa shape index (κ3) is 4.61. The Hall–Kier alpha value is -2.54. The summed E-state index contributed by atoms with van der Waals surface area (Å²) >= 11 is 0. The number of carbonyl (C=O) groups is 1. The Bertz CT molecular complexity index is 969. The van der Waals surface area contributed by atoms with Crippen LogP contribution >= 0.6 is 0 Å². The van der Waals surface area contributed by atoms with Crippen molar-refractivity contribution in [2.75, 3.05) is 5.32 Å². The van der Waals surface area contributed by atoms with Gasteiger partial charge in [-0.05, 0) is 54.9 Å². The van der Waals surface area contributed by atoms with Crippen molar-refractivity contribution >= 4 is 17.2 Å². The average molecular weight is 412 g/mol. The number of benzene rings is 1. The number of aromatic nitrogens is 2. The van der Waals surface area contributed by atoms with Crippen LogP contribution in [0, 0.1) is 5.92 Å². The van der Waals surface area contributed by atoms with E-state index < -0.39 is 5.92 Å². The van der Waals surface area contributed by atoms with Gasteiger partial charge in [-0.3, -0.25) is 9.48 Å². The fourth-order valence-electron chi connectivity index (χ4n) is 4.14. The number of halogens is 2. The number of nitrogens with zero attached hydrogens (tertiary/aromatic N) is 2. The Morgan fingerprint density at radius 1 is 1.20 bits per heavy atom. The van der Waals surface area contributed by atoms with Gasteiger partial charge in [-0.15, -0.1) is 0 Å². The zero-order chi connectivity index (χ0) is 20.7. The van der Waals surface area contributed by atoms with Crippen LogP contribution in [0.1, 0.15) is 54.4 Å². The molecule has 0 saturated heterocycles. The smallest absolute Gasteiger partial charge is 0.255 e. The summed E-state index contributed by atoms with van der Waals surface area (Å²) in [6, 6.07) is 7.77. The minimum Gasteiger partial charge on any atom is -0.319 e. The Morgan fingerprint density at radius 3 is 2.77 bits per heavy atom. The van der Waals surface area contributed by atoms with Gasteiger partial charge >= 0.3 is 0 Å². The fraction of sp³-hybridized carbons (Fsp3) is 0.478. The van der Waals surface area contributed by atoms with Gasteiger partial charge in [-0.25, -0.2) is 8.78 Å². The van der Waals surface area contributed by atoms with E-state index in [0.717, 1.165) is 23.6 Å². The summed E-state index contributed by atoms with van der Waals surface area (Å²) in [4.78, 5) is 12.7. The molecule has 1 aromatic heterocycles. The number of hydrogen-bond acceptors (Lipinski definition) is 3. The number of rotatable bonds is 7. The summed E-state index contributed by atoms with van der Waals surface area (Å²) in [7, 11) is 0. The molecule has 0 spiro atoms. The Labute approximate surface area is 174 Å². The molecule has 158 valence electrons. The molecule has 0 bridgehead atoms. The lowest BCUT2D eigenvalue weighted by Crippen LogP contribution is -2.38. The third-order valence-electron chi connectivity index (χ3n) is 6.20. The normalized spacial score (nSPS) is 23.1. The lowest BCUT2D eigenvalue weighted by Gasteiger charge is -2.29. The molecule has 3 aliphatic carbocycles. The quantitative estimate of drug-likeness (QED) is 0.705. The third-order valence-corrected chi connectivity index (χ3v) is 6.20. The van der Waals surface area contributed by atoms with Gasteiger partial charge < -0.3 is 10.6 Å². The maximum atomic E-state index is 13.3. The van der Waals surface area contributed by atoms with Crippen molar-refractivity contribution in [3.8, 4) is 0 Å². The number of carbonyl (C=O) groups excluding carboxylic acids is 1. The minimum atomic E-state index is -2.51. The van der Waals surface area contributed by atoms with Crippen molar-refractivity contribution in [3.05, 3.63) is 53.9 Å². The van der Waals surface area contributed by atoms with E-state index in [1.54, 1.807) is 12.3 Å². The van der Waals surface area contributed by atoms with Gasteiger partial charge in [0.05, 0.1) is 17.9 Å². The zero-order valence-electron chi connectivity index (χ0n) is 16.8. The van der Waals surface area contributed by atoms with Gasteiger partial charge in [0.25, 0.3) is 5.91 Å². The van der Waals surface area contributed by atoms with Gasteiger partial charge in [-0.2, -0.15) is 5.10 Å². The molecule has 2 N–H and O–H groups in total. The predicted octanol–water partition coefficient (Wildman–Crippen LogP) is 4.48. The van der Waals surface area contributed by atoms with Crippen LogP contribution in [0.2, 0.25) is 0 Å². The van der Waals surface area contributed by atoms with Gasteiger partial charge in [-0.1, -0.05) is 18.2 Å². The summed E-state index contributed by atoms with van der Waals surface area (Å²) < 4.78 is 28.5. The molecule has 0 aliphatic heterocycles. The molecular formula is C23H26F2N4O. The van der Waals surface area contributed by atoms with Gasteiger partial charge in [0.15, 0.2) is 0 Å². The maximum absolute atomic E-state index is 13.3. The number of nitrogens with one attached hydrogen (secondary N) is 2. The predicted molar refractivity (Wildman–Crippen MR) is 111 cm³/mol. The molecular weight excluding hydrogens is 386 g/mol. The van der Waals surface area contributed by atoms with E-state index in [-0.39, 0.29) is 30.8 Å². The van der Waals surface area contributed by atoms with E-state index in [2.05, 4.69) is 21.8 Å². The highest BCUT2D eigenvalue weighted by Crippen LogP contribution is 2.37. The average Bonchev–Trinajstić information content (AvgIpc) is 3.64. The molecule has 30 heavy (non-hydrogen) atoms. The Balaban J connectivity index is 1.16. The lowest BCUT2D eigenvalue weighted by atomic mass is 9.92. The number of hydrogen-bond donors (Lipinski definition) is 2. The fourth-order valence-corrected chi connectivity index (χ4v) is 4.14. The first-order valence-electron chi connectivity index (χ1n) is 10.7. The summed E-state index contributed by atoms with van der Waals surface area (Å²) in [5, 5.41) is 10.7. The van der Waals surface area contributed by atoms with E-state index in [4.69, 9.17) is 0 Å². The molecule has 3 aliphatic rings. The Kier molecular flexibility index (Phi) is 4.93. The molecule has 1 unspecified atom stereocenters. The highest BCUT2D eigenvalue weighted by Gasteiger charge is 2.37. The van der Waals surface area contributed by atoms with Crippen molar-refractivity contribution in [3.63, 3.8) is 0 Å². The molecule has 0 radical (unpaired) electrons. The van der Waals surface area contributed by atoms with Crippen LogP contribution in [-0.4, -0.2) is 33.7 Å². The number of alkyl halides is 2. The zero-order valence-corrected chi connectivity index (χ0v) is 16.8. The molecule has 1 heterocycles. The highest BCUT2D eigenvalue weighted by atomic mass is 19.3. The first-order chi connectivity index (χ1) is 14.4. The molecule has 2 aromatic rings. The van der Waals surface area contributed by atoms with Gasteiger partial charge in [0, 0.05) is 37.2 Å². The maximum Gasteiger partial charge on any atom is 0.255 e. The van der Waals surface area contributed by atoms with E-state index in [0.29, 0.717) is 24.1 Å². The van der Waals surface area contributed by atoms with Gasteiger partial charge in [0.1, 0.15) is 0 Å². The molecule has 1 amide bonds. The van der Waals surface area contributed by atoms with E-state index in [1.165, 1.54) is 12.8 Å². The highest BCUT2D eigenvalue weighted by molar-refractivity contribution is 6.05. The second kappa shape index (κ2) is 7.61. The molecule has 1 atom stereocenters. The van der Waals surface area contributed by atoms with Crippen molar-refractivity contribution in [1.82, 2.24) is 15.1 Å². The topological polar surface area (TPSA) is 59.0 Å². The van der Waals surface area contributed by atoms with Crippen LogP contribution in [-0.2, 0) is 6.54 Å². The van der Waals surface area contributed by atoms with Crippen molar-refractivity contribution < 1.29 is 13.6 Å². The number of amides is 1. The minimum absolute atomic E-state index is 0.0420. The molecule has 2 fully saturated rings. The summed E-state index contributed by atoms with van der Waals surface area (Å²) in [6.45, 7) is 0.909. The van der Waals surface area contributed by atoms with Crippen LogP contribution in [0.15, 0.2) is 42.7 Å². The van der Waals surface area contributed by atoms with E-state index in [9.17, 15) is 13.6 Å². The SMILES string of the molecule is O=C(Nc1cnn(CC2CC2)c1)c1cccc(C2=CC2NC2CCC(F)(F)CC2)c1. The monoisotopic (exact) mass is 412 g/mol. The molecule has 5 nitrogen and oxygen atoms in total. The summed E-state index contributed by atoms with van der Waals surface area (Å²) in [6.07, 6.45) is 9.08. The van der Waals surface area contributed by atoms with Crippen LogP contribution in [0.5, 0.6) is 0 Å². The molecule has 7 heteroatoms. The summed E-state index contributed by atoms with van der Waals surface area (Å²) in [5.41, 5.74) is 3.40. The standard InChI is InChI=1S/C23H26F2N4O/c24-23(25)8-6-18(7-9-23)27-21-11-20(21)16-2-1-3-17(10-16)22(30)28-19-12-26-29(14-19)13-15-4-5-15/h1-3,10-12,14-15,18,21,27H,4-9,13H2,(H,28,30). The van der Waals surface area contributed by atoms with Gasteiger partial charge in [0.2, 0.25) is 5.92 Å². The molecule has 5 rings (SSSR count). The van der Waals surface area contributed by atoms with E-state index >= 15 is 0 Å². The first-order valence-corrected chi connectivity index (χ1v) is 10.7. The van der Waals surface area contributed by atoms with Crippen molar-refractivity contribution in [2.24, 2.45) is 5.92 Å². The first kappa shape index (κ1) is 19.4. The second-order valence-electron chi connectivity index (χ2n) is 8.83. The second-order valence-corrected chi connectivity index (χ2v) is 8.83. The van der Waals surface area contributed by atoms with Crippen molar-refractivity contribution in [2.45, 2.75) is 63.1 Å². The van der Waals surface area contributed by atoms with Crippen LogP contribution < -0.4 is 10.6 Å². The largest absolute Gasteiger partial charge is 0.319 e. The van der Waals surface area contributed by atoms with Crippen molar-refractivity contribution in [1.29, 1.82) is 0 Å². The Morgan fingerprint density at radius 2 is 2.00 bits per heavy atom. The number of anilines is 1. The molecule has 2 saturated carbocycles. The van der Waals surface area contributed by atoms with Crippen LogP contribution in [0.25, 0.3) is 5.57 Å². The van der Waals surface area contributed by atoms with Crippen LogP contribution in [0.4, 0.5) is 14.5 Å². The lowest BCUT2D eigenvalue weighted by molar-refractivity contribution is -0.0403. The summed E-state index contributed by atoms with van der Waals surface area (Å²) in [5.74, 6) is -1.94.